The molecule has 66 valence electrons. The first-order chi connectivity index (χ1) is 5.41. The number of piperidine rings is 1. The number of rotatable bonds is 1. The van der Waals surface area contributed by atoms with Crippen LogP contribution in [0.25, 0.3) is 0 Å². The molecule has 0 bridgehead atoms. The Balaban J connectivity index is 2.64. The molecule has 1 aliphatic heterocycles. The quantitative estimate of drug-likeness (QED) is 0.586. The molecule has 0 aromatic rings. The van der Waals surface area contributed by atoms with Crippen LogP contribution in [0.15, 0.2) is 0 Å². The Morgan fingerprint density at radius 3 is 2.82 bits per heavy atom. The molecule has 0 aliphatic carbocycles. The molecule has 1 saturated heterocycles. The second-order valence-electron chi connectivity index (χ2n) is 2.71. The van der Waals surface area contributed by atoms with Crippen molar-refractivity contribution in [2.45, 2.75) is 18.9 Å². The van der Waals surface area contributed by atoms with Gasteiger partial charge in [0.05, 0.1) is 12.4 Å². The Bertz CT molecular complexity index is 254. The minimum Gasteiger partial charge on any atom is -0.392 e. The number of hydrogen-bond acceptors (Lipinski definition) is 3. The highest BCUT2D eigenvalue weighted by atomic mass is 32.2. The molecule has 0 aromatic heterocycles. The van der Waals surface area contributed by atoms with Gasteiger partial charge in [-0.1, -0.05) is 0 Å². The fourth-order valence-corrected chi connectivity index (χ4v) is 1.95. The monoisotopic (exact) mass is 180 g/mol. The SMILES string of the molecule is [2H][C@@H]1CCN(S(C)(=O)=O)C[C@@H]1O. The molecule has 1 heterocycles. The number of nitrogens with zero attached hydrogens (tertiary/aromatic N) is 1. The predicted molar refractivity (Wildman–Crippen MR) is 41.7 cm³/mol. The summed E-state index contributed by atoms with van der Waals surface area (Å²) < 4.78 is 30.5. The first-order valence-corrected chi connectivity index (χ1v) is 5.31. The van der Waals surface area contributed by atoms with Crippen molar-refractivity contribution in [2.75, 3.05) is 19.3 Å². The molecule has 0 saturated carbocycles. The lowest BCUT2D eigenvalue weighted by molar-refractivity contribution is 0.108. The molecule has 2 atom stereocenters. The van der Waals surface area contributed by atoms with Gasteiger partial charge in [0.15, 0.2) is 0 Å². The van der Waals surface area contributed by atoms with Gasteiger partial charge in [0.25, 0.3) is 0 Å². The van der Waals surface area contributed by atoms with E-state index in [0.717, 1.165) is 6.26 Å². The van der Waals surface area contributed by atoms with E-state index < -0.39 is 22.5 Å². The van der Waals surface area contributed by atoms with Crippen LogP contribution in [0.3, 0.4) is 0 Å². The van der Waals surface area contributed by atoms with Crippen molar-refractivity contribution in [1.29, 1.82) is 0 Å². The zero-order chi connectivity index (χ0) is 9.35. The van der Waals surface area contributed by atoms with Gasteiger partial charge in [-0.2, -0.15) is 4.31 Å². The summed E-state index contributed by atoms with van der Waals surface area (Å²) in [5.74, 6) is 0. The summed E-state index contributed by atoms with van der Waals surface area (Å²) in [6.07, 6.45) is 0.148. The topological polar surface area (TPSA) is 57.6 Å². The molecule has 1 fully saturated rings. The maximum Gasteiger partial charge on any atom is 0.211 e. The van der Waals surface area contributed by atoms with Crippen LogP contribution < -0.4 is 0 Å². The molecule has 1 rings (SSSR count). The fraction of sp³-hybridized carbons (Fsp3) is 1.00. The average Bonchev–Trinajstić information content (AvgIpc) is 1.92. The van der Waals surface area contributed by atoms with E-state index in [-0.39, 0.29) is 6.54 Å². The molecular weight excluding hydrogens is 166 g/mol. The highest BCUT2D eigenvalue weighted by molar-refractivity contribution is 7.88. The van der Waals surface area contributed by atoms with Crippen molar-refractivity contribution in [1.82, 2.24) is 4.31 Å². The molecule has 0 unspecified atom stereocenters. The summed E-state index contributed by atoms with van der Waals surface area (Å²) in [6.45, 7) is 0.414. The molecule has 1 N–H and O–H groups in total. The third-order valence-electron chi connectivity index (χ3n) is 1.68. The summed E-state index contributed by atoms with van der Waals surface area (Å²) in [4.78, 5) is 0. The highest BCUT2D eigenvalue weighted by Crippen LogP contribution is 2.12. The zero-order valence-corrected chi connectivity index (χ0v) is 7.21. The van der Waals surface area contributed by atoms with Crippen molar-refractivity contribution in [3.05, 3.63) is 0 Å². The molecule has 0 amide bonds. The van der Waals surface area contributed by atoms with Crippen LogP contribution in [0.1, 0.15) is 14.2 Å². The van der Waals surface area contributed by atoms with Crippen molar-refractivity contribution in [2.24, 2.45) is 0 Å². The molecule has 5 heteroatoms. The first-order valence-electron chi connectivity index (χ1n) is 4.04. The third kappa shape index (κ3) is 2.43. The minimum atomic E-state index is -3.19. The van der Waals surface area contributed by atoms with Gasteiger partial charge in [-0.05, 0) is 12.8 Å². The summed E-state index contributed by atoms with van der Waals surface area (Å²) in [6, 6.07) is 0. The second-order valence-corrected chi connectivity index (χ2v) is 4.70. The van der Waals surface area contributed by atoms with Crippen LogP contribution in [0.4, 0.5) is 0 Å². The van der Waals surface area contributed by atoms with E-state index in [1.54, 1.807) is 0 Å². The lowest BCUT2D eigenvalue weighted by Crippen LogP contribution is -2.41. The standard InChI is InChI=1S/C6H13NO3S/c1-11(9,10)7-4-2-3-6(8)5-7/h6,8H,2-5H2,1H3/t6-/m1/s1/i3D/t3-,6-. The van der Waals surface area contributed by atoms with Gasteiger partial charge >= 0.3 is 0 Å². The van der Waals surface area contributed by atoms with Crippen LogP contribution in [-0.2, 0) is 10.0 Å². The Kier molecular flexibility index (Phi) is 2.11. The van der Waals surface area contributed by atoms with Crippen molar-refractivity contribution in [3.63, 3.8) is 0 Å². The number of hydrogen-bond donors (Lipinski definition) is 1. The largest absolute Gasteiger partial charge is 0.392 e. The lowest BCUT2D eigenvalue weighted by atomic mass is 10.1. The van der Waals surface area contributed by atoms with E-state index in [1.165, 1.54) is 4.31 Å². The molecule has 0 spiro atoms. The number of aliphatic hydroxyl groups excluding tert-OH is 1. The van der Waals surface area contributed by atoms with Crippen LogP contribution in [0, 0.1) is 0 Å². The zero-order valence-electron chi connectivity index (χ0n) is 7.40. The number of sulfonamides is 1. The van der Waals surface area contributed by atoms with Crippen molar-refractivity contribution >= 4 is 10.0 Å². The van der Waals surface area contributed by atoms with Gasteiger partial charge in [0.2, 0.25) is 10.0 Å². The van der Waals surface area contributed by atoms with Crippen molar-refractivity contribution < 1.29 is 14.9 Å². The molecule has 0 aromatic carbocycles. The van der Waals surface area contributed by atoms with Gasteiger partial charge in [0.1, 0.15) is 0 Å². The maximum absolute atomic E-state index is 11.0. The van der Waals surface area contributed by atoms with Gasteiger partial charge in [-0.25, -0.2) is 8.42 Å². The van der Waals surface area contributed by atoms with Crippen LogP contribution in [0.2, 0.25) is 0 Å². The fourth-order valence-electron chi connectivity index (χ4n) is 1.09. The average molecular weight is 180 g/mol. The van der Waals surface area contributed by atoms with Gasteiger partial charge in [-0.3, -0.25) is 0 Å². The molecule has 11 heavy (non-hydrogen) atoms. The second kappa shape index (κ2) is 3.08. The van der Waals surface area contributed by atoms with Crippen LogP contribution >= 0.6 is 0 Å². The van der Waals surface area contributed by atoms with Gasteiger partial charge in [0, 0.05) is 14.5 Å². The third-order valence-corrected chi connectivity index (χ3v) is 2.95. The number of β-amino-alcohol motifs (C(OH)–C–C–N with tert-alkyl or cyclic N) is 1. The molecule has 0 radical (unpaired) electrons. The number of aliphatic hydroxyl groups is 1. The summed E-state index contributed by atoms with van der Waals surface area (Å²) in [5.41, 5.74) is 0. The normalized spacial score (nSPS) is 36.7. The van der Waals surface area contributed by atoms with Crippen molar-refractivity contribution in [3.8, 4) is 0 Å². The molecular formula is C6H13NO3S. The Morgan fingerprint density at radius 1 is 1.73 bits per heavy atom. The first kappa shape index (κ1) is 7.52. The van der Waals surface area contributed by atoms with Crippen LogP contribution in [0.5, 0.6) is 0 Å². The van der Waals surface area contributed by atoms with Gasteiger partial charge < -0.3 is 5.11 Å². The summed E-state index contributed by atoms with van der Waals surface area (Å²) in [7, 11) is -3.19. The predicted octanol–water partition coefficient (Wildman–Crippen LogP) is -0.597. The van der Waals surface area contributed by atoms with Crippen LogP contribution in [-0.4, -0.2) is 43.3 Å². The smallest absolute Gasteiger partial charge is 0.211 e. The lowest BCUT2D eigenvalue weighted by Gasteiger charge is -2.27. The van der Waals surface area contributed by atoms with E-state index in [9.17, 15) is 13.5 Å². The van der Waals surface area contributed by atoms with E-state index in [0.29, 0.717) is 13.0 Å². The summed E-state index contributed by atoms with van der Waals surface area (Å²) in [5, 5.41) is 9.22. The van der Waals surface area contributed by atoms with E-state index >= 15 is 0 Å². The highest BCUT2D eigenvalue weighted by Gasteiger charge is 2.23. The minimum absolute atomic E-state index is 0.0625. The van der Waals surface area contributed by atoms with Gasteiger partial charge in [-0.15, -0.1) is 0 Å². The van der Waals surface area contributed by atoms with E-state index in [2.05, 4.69) is 0 Å². The van der Waals surface area contributed by atoms with E-state index in [1.807, 2.05) is 0 Å². The Hall–Kier alpha value is -0.130. The molecule has 1 aliphatic rings. The maximum atomic E-state index is 11.0. The molecule has 4 nitrogen and oxygen atoms in total. The van der Waals surface area contributed by atoms with E-state index in [4.69, 9.17) is 1.37 Å². The Morgan fingerprint density at radius 2 is 2.36 bits per heavy atom. The Labute approximate surface area is 68.3 Å². The summed E-state index contributed by atoms with van der Waals surface area (Å²) >= 11 is 0.